The van der Waals surface area contributed by atoms with Gasteiger partial charge in [0.15, 0.2) is 5.79 Å². The number of hydrogen-bond donors (Lipinski definition) is 1. The Hall–Kier alpha value is -0.910. The number of hydrogen-bond acceptors (Lipinski definition) is 5. The van der Waals surface area contributed by atoms with Crippen LogP contribution in [-0.4, -0.2) is 41.3 Å². The Bertz CT molecular complexity index is 327. The Morgan fingerprint density at radius 3 is 2.50 bits per heavy atom. The first-order chi connectivity index (χ1) is 8.13. The molecule has 0 aromatic rings. The second-order valence-corrected chi connectivity index (χ2v) is 5.71. The van der Waals surface area contributed by atoms with Crippen LogP contribution < -0.4 is 0 Å². The first kappa shape index (κ1) is 15.1. The summed E-state index contributed by atoms with van der Waals surface area (Å²) in [6, 6.07) is 0. The second kappa shape index (κ2) is 5.38. The molecule has 104 valence electrons. The number of aliphatic hydroxyl groups excluding tert-OH is 1. The van der Waals surface area contributed by atoms with Gasteiger partial charge in [-0.15, -0.1) is 0 Å². The van der Waals surface area contributed by atoms with Crippen LogP contribution in [0.25, 0.3) is 0 Å². The third kappa shape index (κ3) is 4.76. The minimum absolute atomic E-state index is 0.160. The molecule has 1 aliphatic heterocycles. The van der Waals surface area contributed by atoms with Gasteiger partial charge in [0.05, 0.1) is 6.61 Å². The van der Waals surface area contributed by atoms with E-state index in [0.717, 1.165) is 0 Å². The SMILES string of the molecule is CC(C)(C)OC(=O)/C=C/[C@@H]1OC(C)(C)O[C@H]1CO. The highest BCUT2D eigenvalue weighted by molar-refractivity contribution is 5.82. The van der Waals surface area contributed by atoms with E-state index in [1.165, 1.54) is 6.08 Å². The summed E-state index contributed by atoms with van der Waals surface area (Å²) in [6.07, 6.45) is 1.96. The zero-order chi connectivity index (χ0) is 14.0. The van der Waals surface area contributed by atoms with Crippen molar-refractivity contribution in [2.75, 3.05) is 6.61 Å². The molecule has 0 saturated carbocycles. The molecule has 0 bridgehead atoms. The van der Waals surface area contributed by atoms with Crippen LogP contribution in [0.3, 0.4) is 0 Å². The number of rotatable bonds is 3. The number of ether oxygens (including phenoxy) is 3. The number of carbonyl (C=O) groups is 1. The molecule has 0 radical (unpaired) electrons. The van der Waals surface area contributed by atoms with Gasteiger partial charge in [-0.1, -0.05) is 0 Å². The van der Waals surface area contributed by atoms with Crippen LogP contribution in [0.1, 0.15) is 34.6 Å². The molecule has 1 aliphatic rings. The van der Waals surface area contributed by atoms with E-state index in [1.807, 2.05) is 0 Å². The quantitative estimate of drug-likeness (QED) is 0.612. The average molecular weight is 258 g/mol. The Morgan fingerprint density at radius 1 is 1.39 bits per heavy atom. The van der Waals surface area contributed by atoms with Crippen molar-refractivity contribution < 1.29 is 24.1 Å². The molecule has 0 unspecified atom stereocenters. The summed E-state index contributed by atoms with van der Waals surface area (Å²) in [5.41, 5.74) is -0.524. The van der Waals surface area contributed by atoms with E-state index in [1.54, 1.807) is 40.7 Å². The van der Waals surface area contributed by atoms with Crippen molar-refractivity contribution in [1.82, 2.24) is 0 Å². The molecule has 0 amide bonds. The second-order valence-electron chi connectivity index (χ2n) is 5.71. The summed E-state index contributed by atoms with van der Waals surface area (Å²) < 4.78 is 16.2. The molecular weight excluding hydrogens is 236 g/mol. The molecule has 1 heterocycles. The van der Waals surface area contributed by atoms with Crippen molar-refractivity contribution in [3.05, 3.63) is 12.2 Å². The highest BCUT2D eigenvalue weighted by Crippen LogP contribution is 2.28. The van der Waals surface area contributed by atoms with Crippen molar-refractivity contribution in [1.29, 1.82) is 0 Å². The Kier molecular flexibility index (Phi) is 4.53. The minimum Gasteiger partial charge on any atom is -0.457 e. The predicted molar refractivity (Wildman–Crippen MR) is 65.9 cm³/mol. The summed E-state index contributed by atoms with van der Waals surface area (Å²) >= 11 is 0. The van der Waals surface area contributed by atoms with Crippen molar-refractivity contribution in [2.24, 2.45) is 0 Å². The molecule has 0 aromatic carbocycles. The van der Waals surface area contributed by atoms with Gasteiger partial charge >= 0.3 is 5.97 Å². The van der Waals surface area contributed by atoms with Crippen LogP contribution in [0.4, 0.5) is 0 Å². The van der Waals surface area contributed by atoms with E-state index in [4.69, 9.17) is 19.3 Å². The maximum absolute atomic E-state index is 11.5. The predicted octanol–water partition coefficient (Wildman–Crippen LogP) is 1.40. The zero-order valence-electron chi connectivity index (χ0n) is 11.6. The van der Waals surface area contributed by atoms with Gasteiger partial charge in [0.1, 0.15) is 17.8 Å². The lowest BCUT2D eigenvalue weighted by atomic mass is 10.2. The third-order valence-corrected chi connectivity index (χ3v) is 2.23. The number of esters is 1. The van der Waals surface area contributed by atoms with Gasteiger partial charge in [0.2, 0.25) is 0 Å². The molecular formula is C13H22O5. The summed E-state index contributed by atoms with van der Waals surface area (Å²) in [7, 11) is 0. The molecule has 1 saturated heterocycles. The summed E-state index contributed by atoms with van der Waals surface area (Å²) in [5, 5.41) is 9.17. The lowest BCUT2D eigenvalue weighted by Crippen LogP contribution is -2.26. The molecule has 1 N–H and O–H groups in total. The molecule has 18 heavy (non-hydrogen) atoms. The van der Waals surface area contributed by atoms with Crippen molar-refractivity contribution in [3.8, 4) is 0 Å². The van der Waals surface area contributed by atoms with E-state index in [2.05, 4.69) is 0 Å². The largest absolute Gasteiger partial charge is 0.457 e. The van der Waals surface area contributed by atoms with E-state index in [0.29, 0.717) is 0 Å². The van der Waals surface area contributed by atoms with Crippen molar-refractivity contribution in [3.63, 3.8) is 0 Å². The van der Waals surface area contributed by atoms with Gasteiger partial charge in [0, 0.05) is 6.08 Å². The molecule has 0 spiro atoms. The van der Waals surface area contributed by atoms with Gasteiger partial charge in [-0.3, -0.25) is 0 Å². The molecule has 5 heteroatoms. The molecule has 5 nitrogen and oxygen atoms in total. The number of carbonyl (C=O) groups excluding carboxylic acids is 1. The van der Waals surface area contributed by atoms with Crippen LogP contribution in [0.5, 0.6) is 0 Å². The van der Waals surface area contributed by atoms with E-state index in [-0.39, 0.29) is 6.61 Å². The van der Waals surface area contributed by atoms with E-state index in [9.17, 15) is 4.79 Å². The molecule has 2 atom stereocenters. The number of aliphatic hydroxyl groups is 1. The Morgan fingerprint density at radius 2 is 2.00 bits per heavy atom. The third-order valence-electron chi connectivity index (χ3n) is 2.23. The Balaban J connectivity index is 2.58. The van der Waals surface area contributed by atoms with Crippen LogP contribution in [0.15, 0.2) is 12.2 Å². The zero-order valence-corrected chi connectivity index (χ0v) is 11.6. The smallest absolute Gasteiger partial charge is 0.331 e. The van der Waals surface area contributed by atoms with Gasteiger partial charge in [-0.2, -0.15) is 0 Å². The molecule has 0 aliphatic carbocycles. The van der Waals surface area contributed by atoms with Crippen LogP contribution in [0, 0.1) is 0 Å². The van der Waals surface area contributed by atoms with Gasteiger partial charge in [-0.05, 0) is 40.7 Å². The van der Waals surface area contributed by atoms with Crippen molar-refractivity contribution >= 4 is 5.97 Å². The highest BCUT2D eigenvalue weighted by Gasteiger charge is 2.39. The minimum atomic E-state index is -0.754. The van der Waals surface area contributed by atoms with Gasteiger partial charge < -0.3 is 19.3 Å². The maximum atomic E-state index is 11.5. The lowest BCUT2D eigenvalue weighted by Gasteiger charge is -2.18. The van der Waals surface area contributed by atoms with Gasteiger partial charge in [0.25, 0.3) is 0 Å². The van der Waals surface area contributed by atoms with Gasteiger partial charge in [-0.25, -0.2) is 4.79 Å². The lowest BCUT2D eigenvalue weighted by molar-refractivity contribution is -0.149. The van der Waals surface area contributed by atoms with Crippen molar-refractivity contribution in [2.45, 2.75) is 58.2 Å². The van der Waals surface area contributed by atoms with Crippen LogP contribution in [-0.2, 0) is 19.0 Å². The summed E-state index contributed by atoms with van der Waals surface area (Å²) in [6.45, 7) is 8.76. The first-order valence-corrected chi connectivity index (χ1v) is 6.01. The molecule has 0 aromatic heterocycles. The maximum Gasteiger partial charge on any atom is 0.331 e. The van der Waals surface area contributed by atoms with E-state index < -0.39 is 29.6 Å². The monoisotopic (exact) mass is 258 g/mol. The fraction of sp³-hybridized carbons (Fsp3) is 0.769. The Labute approximate surface area is 108 Å². The summed E-state index contributed by atoms with van der Waals surface area (Å²) in [4.78, 5) is 11.5. The highest BCUT2D eigenvalue weighted by atomic mass is 16.8. The average Bonchev–Trinajstić information content (AvgIpc) is 2.47. The molecule has 1 fully saturated rings. The fourth-order valence-corrected chi connectivity index (χ4v) is 1.68. The standard InChI is InChI=1S/C13H22O5/c1-12(2,3)18-11(15)7-6-9-10(8-14)17-13(4,5)16-9/h6-7,9-10,14H,8H2,1-5H3/b7-6+/t9-,10-/m0/s1. The van der Waals surface area contributed by atoms with Crippen LogP contribution >= 0.6 is 0 Å². The normalized spacial score (nSPS) is 27.7. The fourth-order valence-electron chi connectivity index (χ4n) is 1.68. The first-order valence-electron chi connectivity index (χ1n) is 6.01. The van der Waals surface area contributed by atoms with Crippen LogP contribution in [0.2, 0.25) is 0 Å². The molecule has 1 rings (SSSR count). The summed E-state index contributed by atoms with van der Waals surface area (Å²) in [5.74, 6) is -1.19. The van der Waals surface area contributed by atoms with E-state index >= 15 is 0 Å². The topological polar surface area (TPSA) is 65.0 Å².